The summed E-state index contributed by atoms with van der Waals surface area (Å²) in [6.45, 7) is 2.53. The Morgan fingerprint density at radius 3 is 2.77 bits per heavy atom. The predicted molar refractivity (Wildman–Crippen MR) is 83.8 cm³/mol. The zero-order valence-electron chi connectivity index (χ0n) is 13.2. The number of allylic oxidation sites excluding steroid dienone is 1. The van der Waals surface area contributed by atoms with Crippen LogP contribution in [-0.2, 0) is 27.1 Å². The average molecular weight is 302 g/mol. The number of esters is 2. The molecule has 0 saturated carbocycles. The molecule has 22 heavy (non-hydrogen) atoms. The van der Waals surface area contributed by atoms with Crippen molar-refractivity contribution >= 4 is 11.9 Å². The second-order valence-electron chi connectivity index (χ2n) is 5.48. The fourth-order valence-corrected chi connectivity index (χ4v) is 2.56. The molecule has 1 aromatic rings. The Hall–Kier alpha value is -2.10. The van der Waals surface area contributed by atoms with Gasteiger partial charge in [-0.05, 0) is 48.9 Å². The fraction of sp³-hybridized carbons (Fsp3) is 0.444. The molecule has 2 rings (SSSR count). The van der Waals surface area contributed by atoms with Crippen LogP contribution in [0.1, 0.15) is 47.7 Å². The zero-order chi connectivity index (χ0) is 15.9. The predicted octanol–water partition coefficient (Wildman–Crippen LogP) is 3.23. The van der Waals surface area contributed by atoms with Gasteiger partial charge in [-0.1, -0.05) is 25.0 Å². The molecular formula is C18H22O4. The van der Waals surface area contributed by atoms with E-state index < -0.39 is 0 Å². The van der Waals surface area contributed by atoms with Gasteiger partial charge in [0.1, 0.15) is 0 Å². The summed E-state index contributed by atoms with van der Waals surface area (Å²) in [4.78, 5) is 23.3. The highest BCUT2D eigenvalue weighted by atomic mass is 16.5. The maximum atomic E-state index is 11.7. The largest absolute Gasteiger partial charge is 0.465 e. The summed E-state index contributed by atoms with van der Waals surface area (Å²) >= 11 is 0. The minimum Gasteiger partial charge on any atom is -0.465 e. The Labute approximate surface area is 131 Å². The Morgan fingerprint density at radius 1 is 1.23 bits per heavy atom. The Morgan fingerprint density at radius 2 is 2.05 bits per heavy atom. The second kappa shape index (κ2) is 7.78. The lowest BCUT2D eigenvalue weighted by atomic mass is 9.87. The summed E-state index contributed by atoms with van der Waals surface area (Å²) in [7, 11) is 1.37. The number of hydrogen-bond donors (Lipinski definition) is 0. The molecule has 0 N–H and O–H groups in total. The summed E-state index contributed by atoms with van der Waals surface area (Å²) < 4.78 is 9.91. The number of carbonyl (C=O) groups excluding carboxylic acids is 2. The van der Waals surface area contributed by atoms with Crippen LogP contribution in [0.4, 0.5) is 0 Å². The van der Waals surface area contributed by atoms with Crippen molar-refractivity contribution < 1.29 is 19.1 Å². The number of aryl methyl sites for hydroxylation is 1. The van der Waals surface area contributed by atoms with E-state index in [1.54, 1.807) is 12.1 Å². The Balaban J connectivity index is 2.06. The van der Waals surface area contributed by atoms with Crippen LogP contribution >= 0.6 is 0 Å². The third-order valence-corrected chi connectivity index (χ3v) is 3.82. The van der Waals surface area contributed by atoms with Gasteiger partial charge in [0.15, 0.2) is 0 Å². The van der Waals surface area contributed by atoms with Crippen molar-refractivity contribution in [3.8, 4) is 0 Å². The molecule has 1 aliphatic rings. The summed E-state index contributed by atoms with van der Waals surface area (Å²) in [6, 6.07) is 5.62. The molecule has 0 saturated heterocycles. The van der Waals surface area contributed by atoms with Crippen molar-refractivity contribution in [1.82, 2.24) is 0 Å². The van der Waals surface area contributed by atoms with Crippen molar-refractivity contribution in [2.45, 2.75) is 39.0 Å². The van der Waals surface area contributed by atoms with Gasteiger partial charge in [0, 0.05) is 6.08 Å². The van der Waals surface area contributed by atoms with Gasteiger partial charge in [0.25, 0.3) is 0 Å². The van der Waals surface area contributed by atoms with Gasteiger partial charge in [-0.25, -0.2) is 9.59 Å². The minimum absolute atomic E-state index is 0.268. The number of fused-ring (bicyclic) bond motifs is 1. The Bertz CT molecular complexity index is 587. The van der Waals surface area contributed by atoms with Crippen LogP contribution in [0.15, 0.2) is 29.8 Å². The van der Waals surface area contributed by atoms with Crippen molar-refractivity contribution in [2.75, 3.05) is 13.7 Å². The van der Waals surface area contributed by atoms with E-state index in [0.717, 1.165) is 36.8 Å². The SMILES string of the molecule is CCCCOC(=O)/C=C1/CCc2ccc(C(=O)OC)cc2C1. The molecule has 1 aliphatic carbocycles. The topological polar surface area (TPSA) is 52.6 Å². The average Bonchev–Trinajstić information content (AvgIpc) is 2.53. The van der Waals surface area contributed by atoms with Crippen LogP contribution in [0.2, 0.25) is 0 Å². The first kappa shape index (κ1) is 16.3. The van der Waals surface area contributed by atoms with Gasteiger partial charge in [-0.3, -0.25) is 0 Å². The van der Waals surface area contributed by atoms with E-state index in [4.69, 9.17) is 9.47 Å². The van der Waals surface area contributed by atoms with Gasteiger partial charge in [0.2, 0.25) is 0 Å². The van der Waals surface area contributed by atoms with Gasteiger partial charge in [-0.15, -0.1) is 0 Å². The van der Waals surface area contributed by atoms with Crippen LogP contribution in [0.5, 0.6) is 0 Å². The van der Waals surface area contributed by atoms with Gasteiger partial charge < -0.3 is 9.47 Å². The van der Waals surface area contributed by atoms with Gasteiger partial charge in [0.05, 0.1) is 19.3 Å². The molecule has 4 heteroatoms. The number of methoxy groups -OCH3 is 1. The molecule has 1 aromatic carbocycles. The molecule has 0 aliphatic heterocycles. The van der Waals surface area contributed by atoms with Crippen molar-refractivity contribution in [2.24, 2.45) is 0 Å². The molecule has 4 nitrogen and oxygen atoms in total. The van der Waals surface area contributed by atoms with E-state index in [0.29, 0.717) is 18.6 Å². The highest BCUT2D eigenvalue weighted by molar-refractivity contribution is 5.89. The van der Waals surface area contributed by atoms with Crippen LogP contribution in [0, 0.1) is 0 Å². The molecule has 0 aromatic heterocycles. The zero-order valence-corrected chi connectivity index (χ0v) is 13.2. The molecule has 118 valence electrons. The van der Waals surface area contributed by atoms with Crippen LogP contribution in [-0.4, -0.2) is 25.7 Å². The third-order valence-electron chi connectivity index (χ3n) is 3.82. The van der Waals surface area contributed by atoms with Crippen molar-refractivity contribution in [1.29, 1.82) is 0 Å². The molecule has 0 unspecified atom stereocenters. The molecular weight excluding hydrogens is 280 g/mol. The monoisotopic (exact) mass is 302 g/mol. The normalized spacial score (nSPS) is 15.3. The van der Waals surface area contributed by atoms with E-state index in [1.165, 1.54) is 12.7 Å². The fourth-order valence-electron chi connectivity index (χ4n) is 2.56. The molecule has 0 bridgehead atoms. The van der Waals surface area contributed by atoms with E-state index in [-0.39, 0.29) is 11.9 Å². The number of benzene rings is 1. The first-order valence-electron chi connectivity index (χ1n) is 7.70. The maximum absolute atomic E-state index is 11.7. The molecule has 0 radical (unpaired) electrons. The number of carbonyl (C=O) groups is 2. The molecule has 0 fully saturated rings. The van der Waals surface area contributed by atoms with Gasteiger partial charge in [-0.2, -0.15) is 0 Å². The van der Waals surface area contributed by atoms with Gasteiger partial charge >= 0.3 is 11.9 Å². The molecule has 0 spiro atoms. The number of unbranched alkanes of at least 4 members (excludes halogenated alkanes) is 1. The van der Waals surface area contributed by atoms with E-state index in [9.17, 15) is 9.59 Å². The Kier molecular flexibility index (Phi) is 5.75. The highest BCUT2D eigenvalue weighted by Gasteiger charge is 2.16. The smallest absolute Gasteiger partial charge is 0.337 e. The number of hydrogen-bond acceptors (Lipinski definition) is 4. The lowest BCUT2D eigenvalue weighted by Gasteiger charge is -2.19. The van der Waals surface area contributed by atoms with Crippen molar-refractivity contribution in [3.63, 3.8) is 0 Å². The van der Waals surface area contributed by atoms with E-state index in [1.807, 2.05) is 12.1 Å². The molecule has 0 atom stereocenters. The van der Waals surface area contributed by atoms with E-state index >= 15 is 0 Å². The summed E-state index contributed by atoms with van der Waals surface area (Å²) in [5.74, 6) is -0.603. The number of rotatable bonds is 5. The first-order chi connectivity index (χ1) is 10.6. The highest BCUT2D eigenvalue weighted by Crippen LogP contribution is 2.26. The molecule has 0 amide bonds. The summed E-state index contributed by atoms with van der Waals surface area (Å²) in [5, 5.41) is 0. The molecule has 0 heterocycles. The summed E-state index contributed by atoms with van der Waals surface area (Å²) in [6.07, 6.45) is 5.92. The minimum atomic E-state index is -0.335. The first-order valence-corrected chi connectivity index (χ1v) is 7.70. The summed E-state index contributed by atoms with van der Waals surface area (Å²) in [5.41, 5.74) is 3.91. The standard InChI is InChI=1S/C18H22O4/c1-3-4-9-22-17(19)11-13-5-6-14-7-8-15(18(20)21-2)12-16(14)10-13/h7-8,11-12H,3-6,9-10H2,1-2H3/b13-11-. The van der Waals surface area contributed by atoms with Crippen LogP contribution in [0.25, 0.3) is 0 Å². The number of ether oxygens (including phenoxy) is 2. The van der Waals surface area contributed by atoms with Crippen molar-refractivity contribution in [3.05, 3.63) is 46.5 Å². The lowest BCUT2D eigenvalue weighted by molar-refractivity contribution is -0.137. The quantitative estimate of drug-likeness (QED) is 0.476. The van der Waals surface area contributed by atoms with E-state index in [2.05, 4.69) is 6.92 Å². The lowest BCUT2D eigenvalue weighted by Crippen LogP contribution is -2.11. The second-order valence-corrected chi connectivity index (χ2v) is 5.48. The van der Waals surface area contributed by atoms with Crippen LogP contribution < -0.4 is 0 Å². The van der Waals surface area contributed by atoms with Crippen LogP contribution in [0.3, 0.4) is 0 Å². The third kappa shape index (κ3) is 4.20. The maximum Gasteiger partial charge on any atom is 0.337 e.